The molecule has 1 unspecified atom stereocenters. The SMILES string of the molecule is CCOC(=O)C1=CNC(C(F)(F)c2ccccc2)=C[C@@H]1CS(=O)c1ccc(C)cc1. The molecule has 1 aliphatic heterocycles. The largest absolute Gasteiger partial charge is 0.463 e. The third-order valence-electron chi connectivity index (χ3n) is 4.75. The van der Waals surface area contributed by atoms with Crippen molar-refractivity contribution in [2.45, 2.75) is 24.7 Å². The van der Waals surface area contributed by atoms with Crippen LogP contribution in [-0.4, -0.2) is 22.5 Å². The number of hydrogen-bond acceptors (Lipinski definition) is 4. The first-order valence-corrected chi connectivity index (χ1v) is 10.9. The molecule has 0 fully saturated rings. The van der Waals surface area contributed by atoms with Crippen LogP contribution in [-0.2, 0) is 26.3 Å². The molecule has 0 spiro atoms. The molecule has 2 aromatic carbocycles. The van der Waals surface area contributed by atoms with E-state index in [4.69, 9.17) is 4.74 Å². The Morgan fingerprint density at radius 3 is 2.43 bits per heavy atom. The van der Waals surface area contributed by atoms with E-state index in [2.05, 4.69) is 5.32 Å². The zero-order chi connectivity index (χ0) is 21.7. The molecule has 0 saturated carbocycles. The number of benzene rings is 2. The fourth-order valence-corrected chi connectivity index (χ4v) is 4.35. The van der Waals surface area contributed by atoms with E-state index < -0.39 is 28.6 Å². The van der Waals surface area contributed by atoms with Crippen LogP contribution in [0.3, 0.4) is 0 Å². The summed E-state index contributed by atoms with van der Waals surface area (Å²) in [5.41, 5.74) is 0.669. The molecule has 30 heavy (non-hydrogen) atoms. The molecule has 1 heterocycles. The molecule has 4 nitrogen and oxygen atoms in total. The van der Waals surface area contributed by atoms with Crippen molar-refractivity contribution in [3.05, 3.63) is 89.3 Å². The number of rotatable bonds is 7. The molecule has 0 bridgehead atoms. The Bertz CT molecular complexity index is 985. The number of esters is 1. The maximum absolute atomic E-state index is 15.0. The lowest BCUT2D eigenvalue weighted by Gasteiger charge is -2.27. The van der Waals surface area contributed by atoms with Gasteiger partial charge in [-0.25, -0.2) is 4.79 Å². The van der Waals surface area contributed by atoms with Gasteiger partial charge in [0.05, 0.1) is 28.7 Å². The highest BCUT2D eigenvalue weighted by atomic mass is 32.2. The number of dihydropyridines is 1. The Balaban J connectivity index is 1.91. The quantitative estimate of drug-likeness (QED) is 0.659. The summed E-state index contributed by atoms with van der Waals surface area (Å²) >= 11 is 0. The Hall–Kier alpha value is -2.80. The van der Waals surface area contributed by atoms with E-state index >= 15 is 8.78 Å². The van der Waals surface area contributed by atoms with Crippen LogP contribution < -0.4 is 5.32 Å². The average molecular weight is 432 g/mol. The number of carbonyl (C=O) groups is 1. The summed E-state index contributed by atoms with van der Waals surface area (Å²) < 4.78 is 48.0. The molecule has 7 heteroatoms. The van der Waals surface area contributed by atoms with Gasteiger partial charge in [-0.15, -0.1) is 0 Å². The van der Waals surface area contributed by atoms with E-state index in [1.807, 2.05) is 19.1 Å². The molecule has 0 saturated heterocycles. The van der Waals surface area contributed by atoms with E-state index in [1.54, 1.807) is 25.1 Å². The van der Waals surface area contributed by atoms with E-state index in [-0.39, 0.29) is 29.2 Å². The lowest BCUT2D eigenvalue weighted by Crippen LogP contribution is -2.33. The molecule has 158 valence electrons. The molecule has 2 aromatic rings. The second-order valence-corrected chi connectivity index (χ2v) is 8.41. The highest BCUT2D eigenvalue weighted by Gasteiger charge is 2.39. The number of allylic oxidation sites excluding steroid dienone is 2. The Morgan fingerprint density at radius 2 is 1.80 bits per heavy atom. The van der Waals surface area contributed by atoms with Gasteiger partial charge < -0.3 is 10.1 Å². The summed E-state index contributed by atoms with van der Waals surface area (Å²) in [4.78, 5) is 12.9. The third kappa shape index (κ3) is 4.84. The molecule has 0 amide bonds. The predicted molar refractivity (Wildman–Crippen MR) is 112 cm³/mol. The zero-order valence-electron chi connectivity index (χ0n) is 16.7. The fraction of sp³-hybridized carbons (Fsp3) is 0.261. The number of halogens is 2. The lowest BCUT2D eigenvalue weighted by atomic mass is 9.94. The van der Waals surface area contributed by atoms with Crippen LogP contribution in [0.5, 0.6) is 0 Å². The van der Waals surface area contributed by atoms with E-state index in [0.29, 0.717) is 4.90 Å². The fourth-order valence-electron chi connectivity index (χ4n) is 3.11. The van der Waals surface area contributed by atoms with Crippen LogP contribution in [0.25, 0.3) is 0 Å². The molecule has 2 atom stereocenters. The van der Waals surface area contributed by atoms with Crippen LogP contribution in [0.1, 0.15) is 18.1 Å². The summed E-state index contributed by atoms with van der Waals surface area (Å²) in [6.45, 7) is 3.74. The normalized spacial score (nSPS) is 17.4. The van der Waals surface area contributed by atoms with Crippen LogP contribution in [0.4, 0.5) is 8.78 Å². The zero-order valence-corrected chi connectivity index (χ0v) is 17.5. The van der Waals surface area contributed by atoms with Crippen molar-refractivity contribution >= 4 is 16.8 Å². The minimum absolute atomic E-state index is 0.0102. The summed E-state index contributed by atoms with van der Waals surface area (Å²) in [7, 11) is -1.48. The first-order valence-electron chi connectivity index (χ1n) is 9.57. The Kier molecular flexibility index (Phi) is 6.82. The third-order valence-corrected chi connectivity index (χ3v) is 6.21. The van der Waals surface area contributed by atoms with Crippen LogP contribution in [0.2, 0.25) is 0 Å². The average Bonchev–Trinajstić information content (AvgIpc) is 2.75. The van der Waals surface area contributed by atoms with Gasteiger partial charge in [-0.05, 0) is 32.1 Å². The van der Waals surface area contributed by atoms with Crippen LogP contribution >= 0.6 is 0 Å². The standard InChI is InChI=1S/C23H23F2NO3S/c1-3-29-22(27)20-14-26-21(23(24,25)18-7-5-4-6-8-18)13-17(20)15-30(28)19-11-9-16(2)10-12-19/h4-14,17,26H,3,15H2,1-2H3/t17-,30?/m1/s1. The van der Waals surface area contributed by atoms with Gasteiger partial charge in [0.25, 0.3) is 0 Å². The maximum atomic E-state index is 15.0. The first-order chi connectivity index (χ1) is 14.3. The second-order valence-electron chi connectivity index (χ2n) is 6.92. The van der Waals surface area contributed by atoms with Gasteiger partial charge >= 0.3 is 11.9 Å². The highest BCUT2D eigenvalue weighted by Crippen LogP contribution is 2.37. The van der Waals surface area contributed by atoms with Crippen molar-refractivity contribution in [2.75, 3.05) is 12.4 Å². The topological polar surface area (TPSA) is 55.4 Å². The summed E-state index contributed by atoms with van der Waals surface area (Å²) in [6, 6.07) is 14.6. The van der Waals surface area contributed by atoms with Gasteiger partial charge in [0.15, 0.2) is 0 Å². The number of nitrogens with one attached hydrogen (secondary N) is 1. The monoisotopic (exact) mass is 431 g/mol. The summed E-state index contributed by atoms with van der Waals surface area (Å²) in [5, 5.41) is 2.55. The first kappa shape index (κ1) is 21.9. The Morgan fingerprint density at radius 1 is 1.13 bits per heavy atom. The molecular weight excluding hydrogens is 408 g/mol. The molecule has 0 aromatic heterocycles. The predicted octanol–water partition coefficient (Wildman–Crippen LogP) is 4.44. The van der Waals surface area contributed by atoms with Crippen molar-refractivity contribution in [3.63, 3.8) is 0 Å². The Labute approximate surface area is 177 Å². The molecular formula is C23H23F2NO3S. The smallest absolute Gasteiger partial charge is 0.336 e. The minimum atomic E-state index is -3.29. The number of alkyl halides is 2. The van der Waals surface area contributed by atoms with Gasteiger partial charge in [-0.3, -0.25) is 4.21 Å². The van der Waals surface area contributed by atoms with E-state index in [0.717, 1.165) is 5.56 Å². The molecule has 1 N–H and O–H groups in total. The molecule has 0 aliphatic carbocycles. The van der Waals surface area contributed by atoms with Gasteiger partial charge in [0.1, 0.15) is 0 Å². The summed E-state index contributed by atoms with van der Waals surface area (Å²) in [6.07, 6.45) is 2.52. The van der Waals surface area contributed by atoms with E-state index in [1.165, 1.54) is 36.5 Å². The minimum Gasteiger partial charge on any atom is -0.463 e. The van der Waals surface area contributed by atoms with Crippen LogP contribution in [0, 0.1) is 12.8 Å². The summed E-state index contributed by atoms with van der Waals surface area (Å²) in [5.74, 6) is -4.70. The van der Waals surface area contributed by atoms with Crippen molar-refractivity contribution in [2.24, 2.45) is 5.92 Å². The van der Waals surface area contributed by atoms with Gasteiger partial charge in [0.2, 0.25) is 0 Å². The van der Waals surface area contributed by atoms with Crippen molar-refractivity contribution in [3.8, 4) is 0 Å². The van der Waals surface area contributed by atoms with E-state index in [9.17, 15) is 9.00 Å². The van der Waals surface area contributed by atoms with Gasteiger partial charge in [-0.1, -0.05) is 48.0 Å². The number of ether oxygens (including phenoxy) is 1. The van der Waals surface area contributed by atoms with Gasteiger partial charge in [-0.2, -0.15) is 8.78 Å². The molecule has 0 radical (unpaired) electrons. The maximum Gasteiger partial charge on any atom is 0.336 e. The van der Waals surface area contributed by atoms with Crippen molar-refractivity contribution in [1.29, 1.82) is 0 Å². The van der Waals surface area contributed by atoms with Crippen LogP contribution in [0.15, 0.2) is 83.0 Å². The number of hydrogen-bond donors (Lipinski definition) is 1. The lowest BCUT2D eigenvalue weighted by molar-refractivity contribution is -0.139. The highest BCUT2D eigenvalue weighted by molar-refractivity contribution is 7.85. The van der Waals surface area contributed by atoms with Gasteiger partial charge in [0, 0.05) is 28.3 Å². The van der Waals surface area contributed by atoms with Crippen molar-refractivity contribution < 1.29 is 22.5 Å². The second kappa shape index (κ2) is 9.34. The number of carbonyl (C=O) groups excluding carboxylic acids is 1. The molecule has 1 aliphatic rings. The molecule has 3 rings (SSSR count). The number of aryl methyl sites for hydroxylation is 1. The van der Waals surface area contributed by atoms with Crippen molar-refractivity contribution in [1.82, 2.24) is 5.32 Å².